The Morgan fingerprint density at radius 3 is 3.05 bits per heavy atom. The number of rotatable bonds is 7. The van der Waals surface area contributed by atoms with E-state index in [2.05, 4.69) is 10.6 Å². The number of hydrogen-bond acceptors (Lipinski definition) is 5. The summed E-state index contributed by atoms with van der Waals surface area (Å²) in [5, 5.41) is 15.3. The van der Waals surface area contributed by atoms with E-state index < -0.39 is 6.10 Å². The zero-order chi connectivity index (χ0) is 15.1. The molecule has 1 saturated heterocycles. The molecule has 21 heavy (non-hydrogen) atoms. The van der Waals surface area contributed by atoms with Gasteiger partial charge >= 0.3 is 0 Å². The predicted octanol–water partition coefficient (Wildman–Crippen LogP) is 0.0508. The van der Waals surface area contributed by atoms with Crippen molar-refractivity contribution in [3.8, 4) is 5.75 Å². The molecule has 0 bridgehead atoms. The smallest absolute Gasteiger partial charge is 0.237 e. The molecular weight excluding hydrogens is 272 g/mol. The fourth-order valence-corrected chi connectivity index (χ4v) is 2.22. The van der Waals surface area contributed by atoms with Crippen LogP contribution in [0.25, 0.3) is 0 Å². The third kappa shape index (κ3) is 5.00. The number of β-amino-alcohol motifs (C(OH)–C–C–N with tert-alkyl or cyclic N) is 1. The Morgan fingerprint density at radius 1 is 1.48 bits per heavy atom. The van der Waals surface area contributed by atoms with E-state index in [0.29, 0.717) is 32.7 Å². The van der Waals surface area contributed by atoms with Crippen LogP contribution in [-0.2, 0) is 16.1 Å². The summed E-state index contributed by atoms with van der Waals surface area (Å²) >= 11 is 0. The molecule has 0 radical (unpaired) electrons. The van der Waals surface area contributed by atoms with Crippen molar-refractivity contribution < 1.29 is 19.4 Å². The van der Waals surface area contributed by atoms with Crippen LogP contribution < -0.4 is 15.4 Å². The number of aliphatic hydroxyl groups is 1. The number of hydrogen-bond donors (Lipinski definition) is 3. The molecule has 6 nitrogen and oxygen atoms in total. The molecule has 1 aliphatic heterocycles. The molecule has 3 N–H and O–H groups in total. The van der Waals surface area contributed by atoms with Crippen molar-refractivity contribution >= 4 is 5.91 Å². The second-order valence-electron chi connectivity index (χ2n) is 5.06. The van der Waals surface area contributed by atoms with Gasteiger partial charge in [-0.05, 0) is 24.1 Å². The van der Waals surface area contributed by atoms with Gasteiger partial charge in [0.25, 0.3) is 0 Å². The highest BCUT2D eigenvalue weighted by Gasteiger charge is 2.27. The number of methoxy groups -OCH3 is 1. The van der Waals surface area contributed by atoms with E-state index in [1.165, 1.54) is 0 Å². The van der Waals surface area contributed by atoms with Gasteiger partial charge in [-0.25, -0.2) is 0 Å². The number of ether oxygens (including phenoxy) is 2. The minimum absolute atomic E-state index is 0.0859. The van der Waals surface area contributed by atoms with E-state index in [1.54, 1.807) is 7.11 Å². The second kappa shape index (κ2) is 7.97. The van der Waals surface area contributed by atoms with Gasteiger partial charge in [-0.3, -0.25) is 4.79 Å². The summed E-state index contributed by atoms with van der Waals surface area (Å²) in [6.07, 6.45) is 0.0321. The number of carbonyl (C=O) groups excluding carboxylic acids is 1. The number of amides is 1. The molecular formula is C15H22N2O4. The van der Waals surface area contributed by atoms with Crippen LogP contribution in [0.4, 0.5) is 0 Å². The van der Waals surface area contributed by atoms with Crippen LogP contribution in [0.2, 0.25) is 0 Å². The lowest BCUT2D eigenvalue weighted by Gasteiger charge is -2.12. The third-order valence-corrected chi connectivity index (χ3v) is 3.35. The monoisotopic (exact) mass is 294 g/mol. The molecule has 1 heterocycles. The Hall–Kier alpha value is -1.63. The summed E-state index contributed by atoms with van der Waals surface area (Å²) in [6, 6.07) is 7.28. The van der Waals surface area contributed by atoms with Gasteiger partial charge in [0.05, 0.1) is 18.8 Å². The number of nitrogens with one attached hydrogen (secondary N) is 2. The minimum atomic E-state index is -0.432. The van der Waals surface area contributed by atoms with Crippen LogP contribution >= 0.6 is 0 Å². The van der Waals surface area contributed by atoms with Gasteiger partial charge in [-0.1, -0.05) is 12.1 Å². The van der Waals surface area contributed by atoms with Crippen LogP contribution in [0.15, 0.2) is 24.3 Å². The van der Waals surface area contributed by atoms with Gasteiger partial charge in [0.15, 0.2) is 0 Å². The quantitative estimate of drug-likeness (QED) is 0.619. The number of aliphatic hydroxyl groups excluding tert-OH is 1. The van der Waals surface area contributed by atoms with E-state index in [0.717, 1.165) is 11.3 Å². The van der Waals surface area contributed by atoms with Gasteiger partial charge in [0, 0.05) is 20.2 Å². The average molecular weight is 294 g/mol. The standard InChI is InChI=1S/C15H22N2O4/c1-20-5-6-21-13-4-2-3-11(7-13)9-17-15(19)14-8-12(18)10-16-14/h2-4,7,12,14,16,18H,5-6,8-10H2,1H3,(H,17,19)/t12-,14-/m1/s1. The highest BCUT2D eigenvalue weighted by atomic mass is 16.5. The van der Waals surface area contributed by atoms with E-state index >= 15 is 0 Å². The largest absolute Gasteiger partial charge is 0.491 e. The lowest BCUT2D eigenvalue weighted by molar-refractivity contribution is -0.123. The van der Waals surface area contributed by atoms with Crippen LogP contribution in [0.3, 0.4) is 0 Å². The average Bonchev–Trinajstić information content (AvgIpc) is 2.92. The summed E-state index contributed by atoms with van der Waals surface area (Å²) in [5.74, 6) is 0.672. The maximum absolute atomic E-state index is 11.9. The molecule has 0 aromatic heterocycles. The highest BCUT2D eigenvalue weighted by molar-refractivity contribution is 5.82. The molecule has 1 aliphatic rings. The fourth-order valence-electron chi connectivity index (χ4n) is 2.22. The van der Waals surface area contributed by atoms with Crippen LogP contribution in [0.1, 0.15) is 12.0 Å². The Kier molecular flexibility index (Phi) is 5.98. The topological polar surface area (TPSA) is 79.8 Å². The van der Waals surface area contributed by atoms with Crippen LogP contribution in [-0.4, -0.2) is 50.0 Å². The summed E-state index contributed by atoms with van der Waals surface area (Å²) in [7, 11) is 1.63. The predicted molar refractivity (Wildman–Crippen MR) is 78.1 cm³/mol. The normalized spacial score (nSPS) is 21.2. The molecule has 0 spiro atoms. The number of carbonyl (C=O) groups is 1. The molecule has 0 aliphatic carbocycles. The van der Waals surface area contributed by atoms with Gasteiger partial charge in [-0.2, -0.15) is 0 Å². The van der Waals surface area contributed by atoms with Crippen molar-refractivity contribution in [2.24, 2.45) is 0 Å². The fraction of sp³-hybridized carbons (Fsp3) is 0.533. The first-order valence-electron chi connectivity index (χ1n) is 7.09. The lowest BCUT2D eigenvalue weighted by Crippen LogP contribution is -2.39. The Morgan fingerprint density at radius 2 is 2.33 bits per heavy atom. The molecule has 116 valence electrons. The van der Waals surface area contributed by atoms with Crippen LogP contribution in [0.5, 0.6) is 5.75 Å². The first-order chi connectivity index (χ1) is 10.2. The maximum atomic E-state index is 11.9. The van der Waals surface area contributed by atoms with Gasteiger partial charge < -0.3 is 25.2 Å². The summed E-state index contributed by atoms with van der Waals surface area (Å²) in [5.41, 5.74) is 0.969. The third-order valence-electron chi connectivity index (χ3n) is 3.35. The first kappa shape index (κ1) is 15.8. The van der Waals surface area contributed by atoms with Gasteiger partial charge in [0.1, 0.15) is 12.4 Å². The molecule has 0 saturated carbocycles. The van der Waals surface area contributed by atoms with Gasteiger partial charge in [0.2, 0.25) is 5.91 Å². The van der Waals surface area contributed by atoms with Crippen molar-refractivity contribution in [3.05, 3.63) is 29.8 Å². The van der Waals surface area contributed by atoms with Crippen molar-refractivity contribution in [1.29, 1.82) is 0 Å². The Bertz CT molecular complexity index is 467. The van der Waals surface area contributed by atoms with Crippen LogP contribution in [0, 0.1) is 0 Å². The molecule has 2 rings (SSSR count). The molecule has 1 aromatic carbocycles. The minimum Gasteiger partial charge on any atom is -0.491 e. The van der Waals surface area contributed by atoms with E-state index in [4.69, 9.17) is 9.47 Å². The van der Waals surface area contributed by atoms with Crippen molar-refractivity contribution in [2.45, 2.75) is 25.1 Å². The molecule has 2 atom stereocenters. The highest BCUT2D eigenvalue weighted by Crippen LogP contribution is 2.13. The molecule has 0 unspecified atom stereocenters. The first-order valence-corrected chi connectivity index (χ1v) is 7.09. The van der Waals surface area contributed by atoms with E-state index in [-0.39, 0.29) is 11.9 Å². The molecule has 1 amide bonds. The zero-order valence-corrected chi connectivity index (χ0v) is 12.2. The molecule has 1 fully saturated rings. The summed E-state index contributed by atoms with van der Waals surface area (Å²) in [4.78, 5) is 11.9. The van der Waals surface area contributed by atoms with Crippen molar-refractivity contribution in [2.75, 3.05) is 26.9 Å². The Labute approximate surface area is 124 Å². The van der Waals surface area contributed by atoms with Crippen molar-refractivity contribution in [3.63, 3.8) is 0 Å². The van der Waals surface area contributed by atoms with Crippen molar-refractivity contribution in [1.82, 2.24) is 10.6 Å². The van der Waals surface area contributed by atoms with E-state index in [9.17, 15) is 9.90 Å². The van der Waals surface area contributed by atoms with Gasteiger partial charge in [-0.15, -0.1) is 0 Å². The molecule has 6 heteroatoms. The zero-order valence-electron chi connectivity index (χ0n) is 12.2. The van der Waals surface area contributed by atoms with E-state index in [1.807, 2.05) is 24.3 Å². The summed E-state index contributed by atoms with van der Waals surface area (Å²) < 4.78 is 10.5. The Balaban J connectivity index is 1.79. The summed E-state index contributed by atoms with van der Waals surface area (Å²) in [6.45, 7) is 1.95. The number of benzene rings is 1. The maximum Gasteiger partial charge on any atom is 0.237 e. The lowest BCUT2D eigenvalue weighted by atomic mass is 10.1. The molecule has 1 aromatic rings. The SMILES string of the molecule is COCCOc1cccc(CNC(=O)[C@H]2C[C@@H](O)CN2)c1. The second-order valence-corrected chi connectivity index (χ2v) is 5.06.